The molecule has 0 bridgehead atoms. The van der Waals surface area contributed by atoms with Crippen molar-refractivity contribution in [2.45, 2.75) is 24.9 Å². The molecule has 0 fully saturated rings. The summed E-state index contributed by atoms with van der Waals surface area (Å²) >= 11 is 1.64. The fraction of sp³-hybridized carbons (Fsp3) is 0.364. The van der Waals surface area contributed by atoms with Crippen molar-refractivity contribution < 1.29 is 0 Å². The van der Waals surface area contributed by atoms with E-state index in [0.29, 0.717) is 0 Å². The maximum absolute atomic E-state index is 4.51. The van der Waals surface area contributed by atoms with E-state index in [4.69, 9.17) is 0 Å². The Morgan fingerprint density at radius 3 is 2.94 bits per heavy atom. The molecular weight excluding hydrogens is 234 g/mol. The molecule has 2 aliphatic heterocycles. The number of thioether (sulfide) groups is 1. The van der Waals surface area contributed by atoms with Crippen molar-refractivity contribution in [3.05, 3.63) is 27.5 Å². The Morgan fingerprint density at radius 1 is 1.35 bits per heavy atom. The zero-order valence-electron chi connectivity index (χ0n) is 9.90. The molecule has 0 radical (unpaired) electrons. The van der Waals surface area contributed by atoms with Crippen molar-refractivity contribution >= 4 is 18.1 Å². The lowest BCUT2D eigenvalue weighted by Crippen LogP contribution is -2.27. The van der Waals surface area contributed by atoms with E-state index in [2.05, 4.69) is 32.7 Å². The van der Waals surface area contributed by atoms with Gasteiger partial charge in [-0.25, -0.2) is 0 Å². The van der Waals surface area contributed by atoms with Crippen LogP contribution in [0.5, 0.6) is 0 Å². The molecule has 1 aromatic rings. The number of hydrogen-bond donors (Lipinski definition) is 2. The molecule has 2 aliphatic rings. The summed E-state index contributed by atoms with van der Waals surface area (Å²) in [6.45, 7) is 4.07. The van der Waals surface area contributed by atoms with Gasteiger partial charge in [0.25, 0.3) is 0 Å². The topological polar surface area (TPSA) is 62.2 Å². The SMILES string of the molecule is CNC1=C2Sc3nnc(C)c(C)c3C2N=CN1. The summed E-state index contributed by atoms with van der Waals surface area (Å²) in [6, 6.07) is 0.0768. The fourth-order valence-electron chi connectivity index (χ4n) is 2.07. The Hall–Kier alpha value is -1.56. The second-order valence-electron chi connectivity index (χ2n) is 4.05. The van der Waals surface area contributed by atoms with Gasteiger partial charge >= 0.3 is 0 Å². The van der Waals surface area contributed by atoms with E-state index in [1.165, 1.54) is 16.0 Å². The highest BCUT2D eigenvalue weighted by atomic mass is 32.2. The first-order chi connectivity index (χ1) is 8.22. The van der Waals surface area contributed by atoms with Gasteiger partial charge in [-0.15, -0.1) is 5.10 Å². The van der Waals surface area contributed by atoms with E-state index < -0.39 is 0 Å². The van der Waals surface area contributed by atoms with E-state index >= 15 is 0 Å². The molecule has 3 rings (SSSR count). The quantitative estimate of drug-likeness (QED) is 0.782. The summed E-state index contributed by atoms with van der Waals surface area (Å²) in [5, 5.41) is 15.7. The van der Waals surface area contributed by atoms with E-state index in [1.807, 2.05) is 14.0 Å². The molecular formula is C11H13N5S. The molecule has 0 amide bonds. The summed E-state index contributed by atoms with van der Waals surface area (Å²) in [5.41, 5.74) is 3.37. The van der Waals surface area contributed by atoms with Crippen LogP contribution in [-0.4, -0.2) is 23.6 Å². The van der Waals surface area contributed by atoms with Crippen molar-refractivity contribution in [3.8, 4) is 0 Å². The van der Waals surface area contributed by atoms with Crippen LogP contribution in [0.15, 0.2) is 20.7 Å². The van der Waals surface area contributed by atoms with Gasteiger partial charge in [-0.1, -0.05) is 11.8 Å². The minimum atomic E-state index is 0.0768. The van der Waals surface area contributed by atoms with Gasteiger partial charge in [-0.05, 0) is 19.4 Å². The van der Waals surface area contributed by atoms with Crippen LogP contribution in [0.1, 0.15) is 22.9 Å². The predicted molar refractivity (Wildman–Crippen MR) is 67.8 cm³/mol. The first kappa shape index (κ1) is 10.6. The molecule has 0 saturated heterocycles. The van der Waals surface area contributed by atoms with Crippen molar-refractivity contribution in [2.75, 3.05) is 7.05 Å². The highest BCUT2D eigenvalue weighted by Crippen LogP contribution is 2.50. The van der Waals surface area contributed by atoms with E-state index in [9.17, 15) is 0 Å². The molecule has 1 unspecified atom stereocenters. The fourth-order valence-corrected chi connectivity index (χ4v) is 3.28. The third-order valence-electron chi connectivity index (χ3n) is 3.13. The third-order valence-corrected chi connectivity index (χ3v) is 4.27. The number of aromatic nitrogens is 2. The van der Waals surface area contributed by atoms with Gasteiger partial charge in [0, 0.05) is 12.6 Å². The van der Waals surface area contributed by atoms with Gasteiger partial charge in [0.2, 0.25) is 0 Å². The molecule has 1 aromatic heterocycles. The monoisotopic (exact) mass is 247 g/mol. The first-order valence-corrected chi connectivity index (χ1v) is 6.25. The van der Waals surface area contributed by atoms with Crippen LogP contribution in [-0.2, 0) is 0 Å². The van der Waals surface area contributed by atoms with E-state index in [-0.39, 0.29) is 6.04 Å². The largest absolute Gasteiger partial charge is 0.374 e. The van der Waals surface area contributed by atoms with Crippen molar-refractivity contribution in [1.29, 1.82) is 0 Å². The van der Waals surface area contributed by atoms with E-state index in [0.717, 1.165) is 16.5 Å². The Labute approximate surface area is 104 Å². The minimum absolute atomic E-state index is 0.0768. The van der Waals surface area contributed by atoms with Crippen LogP contribution in [0.4, 0.5) is 0 Å². The van der Waals surface area contributed by atoms with Crippen LogP contribution >= 0.6 is 11.8 Å². The van der Waals surface area contributed by atoms with Crippen LogP contribution in [0.2, 0.25) is 0 Å². The average Bonchev–Trinajstić information content (AvgIpc) is 2.72. The number of fused-ring (bicyclic) bond motifs is 3. The minimum Gasteiger partial charge on any atom is -0.374 e. The summed E-state index contributed by atoms with van der Waals surface area (Å²) in [7, 11) is 1.90. The first-order valence-electron chi connectivity index (χ1n) is 5.44. The van der Waals surface area contributed by atoms with Crippen molar-refractivity contribution in [1.82, 2.24) is 20.8 Å². The molecule has 3 heterocycles. The van der Waals surface area contributed by atoms with Gasteiger partial charge in [-0.2, -0.15) is 5.10 Å². The van der Waals surface area contributed by atoms with Gasteiger partial charge in [0.05, 0.1) is 16.9 Å². The van der Waals surface area contributed by atoms with Gasteiger partial charge in [0.1, 0.15) is 16.9 Å². The molecule has 0 spiro atoms. The lowest BCUT2D eigenvalue weighted by atomic mass is 10.0. The lowest BCUT2D eigenvalue weighted by molar-refractivity contribution is 0.756. The smallest absolute Gasteiger partial charge is 0.129 e. The van der Waals surface area contributed by atoms with Crippen LogP contribution < -0.4 is 10.6 Å². The zero-order chi connectivity index (χ0) is 12.0. The van der Waals surface area contributed by atoms with Gasteiger partial charge in [-0.3, -0.25) is 4.99 Å². The van der Waals surface area contributed by atoms with Gasteiger partial charge < -0.3 is 10.6 Å². The molecule has 6 heteroatoms. The standard InChI is InChI=1S/C11H13N5S/c1-5-6(2)15-16-11-7(5)8-9(17-11)10(12-3)14-4-13-8/h4,8,12H,1-3H3,(H,13,14). The lowest BCUT2D eigenvalue weighted by Gasteiger charge is -2.19. The molecule has 88 valence electrons. The highest BCUT2D eigenvalue weighted by Gasteiger charge is 2.35. The Bertz CT molecular complexity index is 549. The summed E-state index contributed by atoms with van der Waals surface area (Å²) in [6.07, 6.45) is 1.74. The number of rotatable bonds is 1. The Balaban J connectivity index is 2.19. The van der Waals surface area contributed by atoms with Crippen LogP contribution in [0, 0.1) is 13.8 Å². The Morgan fingerprint density at radius 2 is 2.18 bits per heavy atom. The number of hydrogen-bond acceptors (Lipinski definition) is 6. The van der Waals surface area contributed by atoms with Crippen molar-refractivity contribution in [3.63, 3.8) is 0 Å². The summed E-state index contributed by atoms with van der Waals surface area (Å²) in [5.74, 6) is 1.00. The highest BCUT2D eigenvalue weighted by molar-refractivity contribution is 8.03. The second-order valence-corrected chi connectivity index (χ2v) is 5.08. The summed E-state index contributed by atoms with van der Waals surface area (Å²) in [4.78, 5) is 5.68. The normalized spacial score (nSPS) is 21.0. The average molecular weight is 247 g/mol. The maximum Gasteiger partial charge on any atom is 0.129 e. The molecule has 0 aliphatic carbocycles. The molecule has 2 N–H and O–H groups in total. The number of aliphatic imine (C=N–C) groups is 1. The molecule has 1 atom stereocenters. The van der Waals surface area contributed by atoms with E-state index in [1.54, 1.807) is 18.1 Å². The number of nitrogens with zero attached hydrogens (tertiary/aromatic N) is 3. The predicted octanol–water partition coefficient (Wildman–Crippen LogP) is 1.26. The third kappa shape index (κ3) is 1.44. The molecule has 17 heavy (non-hydrogen) atoms. The number of nitrogens with one attached hydrogen (secondary N) is 2. The van der Waals surface area contributed by atoms with Crippen LogP contribution in [0.25, 0.3) is 0 Å². The second kappa shape index (κ2) is 3.73. The Kier molecular flexibility index (Phi) is 2.32. The molecule has 5 nitrogen and oxygen atoms in total. The van der Waals surface area contributed by atoms with Crippen molar-refractivity contribution in [2.24, 2.45) is 4.99 Å². The van der Waals surface area contributed by atoms with Gasteiger partial charge in [0.15, 0.2) is 0 Å². The summed E-state index contributed by atoms with van der Waals surface area (Å²) < 4.78 is 0. The molecule has 0 aromatic carbocycles. The van der Waals surface area contributed by atoms with Crippen LogP contribution in [0.3, 0.4) is 0 Å². The molecule has 0 saturated carbocycles. The maximum atomic E-state index is 4.51. The number of aryl methyl sites for hydroxylation is 1. The zero-order valence-corrected chi connectivity index (χ0v) is 10.7.